The highest BCUT2D eigenvalue weighted by Crippen LogP contribution is 2.27. The van der Waals surface area contributed by atoms with Gasteiger partial charge in [-0.3, -0.25) is 4.79 Å². The molecule has 0 aliphatic heterocycles. The number of urea groups is 1. The number of aliphatic carboxylic acids is 1. The van der Waals surface area contributed by atoms with Crippen molar-refractivity contribution in [3.05, 3.63) is 23.8 Å². The van der Waals surface area contributed by atoms with Crippen molar-refractivity contribution in [1.82, 2.24) is 5.32 Å². The minimum absolute atomic E-state index is 0.123. The number of hydrogen-bond acceptors (Lipinski definition) is 4. The molecule has 2 amide bonds. The van der Waals surface area contributed by atoms with E-state index in [-0.39, 0.29) is 30.0 Å². The SMILES string of the molecule is N#Cc1ccc(OC(F)F)c(NC(=O)NCCC(=O)O)c1. The van der Waals surface area contributed by atoms with E-state index in [1.807, 2.05) is 0 Å². The highest BCUT2D eigenvalue weighted by molar-refractivity contribution is 5.91. The number of rotatable bonds is 6. The molecule has 0 bridgehead atoms. The van der Waals surface area contributed by atoms with Gasteiger partial charge >= 0.3 is 18.6 Å². The summed E-state index contributed by atoms with van der Waals surface area (Å²) >= 11 is 0. The van der Waals surface area contributed by atoms with Crippen molar-refractivity contribution in [2.24, 2.45) is 0 Å². The summed E-state index contributed by atoms with van der Waals surface area (Å²) in [6.07, 6.45) is -0.286. The number of ether oxygens (including phenoxy) is 1. The molecule has 112 valence electrons. The fraction of sp³-hybridized carbons (Fsp3) is 0.250. The molecule has 0 saturated heterocycles. The molecule has 0 spiro atoms. The first kappa shape index (κ1) is 16.2. The van der Waals surface area contributed by atoms with E-state index in [9.17, 15) is 18.4 Å². The highest BCUT2D eigenvalue weighted by Gasteiger charge is 2.13. The second-order valence-corrected chi connectivity index (χ2v) is 3.73. The van der Waals surface area contributed by atoms with Crippen LogP contribution >= 0.6 is 0 Å². The lowest BCUT2D eigenvalue weighted by Crippen LogP contribution is -2.30. The van der Waals surface area contributed by atoms with Crippen LogP contribution in [0.1, 0.15) is 12.0 Å². The van der Waals surface area contributed by atoms with E-state index < -0.39 is 18.6 Å². The number of anilines is 1. The van der Waals surface area contributed by atoms with E-state index in [1.165, 1.54) is 6.07 Å². The van der Waals surface area contributed by atoms with Crippen molar-refractivity contribution in [3.63, 3.8) is 0 Å². The molecular weight excluding hydrogens is 288 g/mol. The molecule has 1 rings (SSSR count). The fourth-order valence-corrected chi connectivity index (χ4v) is 1.35. The predicted molar refractivity (Wildman–Crippen MR) is 67.1 cm³/mol. The zero-order valence-electron chi connectivity index (χ0n) is 10.6. The van der Waals surface area contributed by atoms with Crippen LogP contribution in [0.5, 0.6) is 5.75 Å². The number of carboxylic acids is 1. The molecule has 1 aromatic rings. The van der Waals surface area contributed by atoms with E-state index in [4.69, 9.17) is 10.4 Å². The maximum Gasteiger partial charge on any atom is 0.387 e. The number of nitrogens with one attached hydrogen (secondary N) is 2. The van der Waals surface area contributed by atoms with Crippen LogP contribution in [-0.2, 0) is 4.79 Å². The maximum atomic E-state index is 12.2. The molecule has 0 atom stereocenters. The smallest absolute Gasteiger partial charge is 0.387 e. The second-order valence-electron chi connectivity index (χ2n) is 3.73. The number of amides is 2. The highest BCUT2D eigenvalue weighted by atomic mass is 19.3. The lowest BCUT2D eigenvalue weighted by atomic mass is 10.2. The van der Waals surface area contributed by atoms with Crippen molar-refractivity contribution in [1.29, 1.82) is 5.26 Å². The Kier molecular flexibility index (Phi) is 5.88. The van der Waals surface area contributed by atoms with Gasteiger partial charge in [-0.2, -0.15) is 14.0 Å². The molecule has 3 N–H and O–H groups in total. The molecule has 0 saturated carbocycles. The average molecular weight is 299 g/mol. The number of carbonyl (C=O) groups excluding carboxylic acids is 1. The minimum atomic E-state index is -3.09. The van der Waals surface area contributed by atoms with Crippen LogP contribution in [0.15, 0.2) is 18.2 Å². The zero-order chi connectivity index (χ0) is 15.8. The summed E-state index contributed by atoms with van der Waals surface area (Å²) in [4.78, 5) is 21.8. The van der Waals surface area contributed by atoms with Crippen molar-refractivity contribution < 1.29 is 28.2 Å². The quantitative estimate of drug-likeness (QED) is 0.741. The van der Waals surface area contributed by atoms with Crippen LogP contribution in [0.4, 0.5) is 19.3 Å². The number of nitrogens with zero attached hydrogens (tertiary/aromatic N) is 1. The molecule has 1 aromatic carbocycles. The molecule has 9 heteroatoms. The fourth-order valence-electron chi connectivity index (χ4n) is 1.35. The van der Waals surface area contributed by atoms with Gasteiger partial charge in [0.25, 0.3) is 0 Å². The Morgan fingerprint density at radius 3 is 2.71 bits per heavy atom. The molecule has 0 unspecified atom stereocenters. The predicted octanol–water partition coefficient (Wildman–Crippen LogP) is 1.76. The van der Waals surface area contributed by atoms with Crippen molar-refractivity contribution in [2.75, 3.05) is 11.9 Å². The maximum absolute atomic E-state index is 12.2. The summed E-state index contributed by atoms with van der Waals surface area (Å²) in [7, 11) is 0. The number of halogens is 2. The summed E-state index contributed by atoms with van der Waals surface area (Å²) in [5.74, 6) is -1.40. The summed E-state index contributed by atoms with van der Waals surface area (Å²) in [6, 6.07) is 4.53. The number of alkyl halides is 2. The molecule has 0 radical (unpaired) electrons. The lowest BCUT2D eigenvalue weighted by molar-refractivity contribution is -0.136. The topological polar surface area (TPSA) is 111 Å². The Morgan fingerprint density at radius 1 is 1.43 bits per heavy atom. The first-order chi connectivity index (χ1) is 9.92. The van der Waals surface area contributed by atoms with Gasteiger partial charge in [-0.05, 0) is 18.2 Å². The van der Waals surface area contributed by atoms with Crippen LogP contribution in [0.2, 0.25) is 0 Å². The van der Waals surface area contributed by atoms with E-state index in [1.54, 1.807) is 6.07 Å². The van der Waals surface area contributed by atoms with Gasteiger partial charge in [0, 0.05) is 6.54 Å². The van der Waals surface area contributed by atoms with Crippen LogP contribution in [0.25, 0.3) is 0 Å². The molecule has 21 heavy (non-hydrogen) atoms. The molecule has 7 nitrogen and oxygen atoms in total. The minimum Gasteiger partial charge on any atom is -0.481 e. The normalized spacial score (nSPS) is 9.81. The second kappa shape index (κ2) is 7.64. The standard InChI is InChI=1S/C12H11F2N3O4/c13-11(14)21-9-2-1-7(6-15)5-8(9)17-12(20)16-4-3-10(18)19/h1-2,5,11H,3-4H2,(H,18,19)(H2,16,17,20). The number of nitriles is 1. The summed E-state index contributed by atoms with van der Waals surface area (Å²) < 4.78 is 28.7. The Balaban J connectivity index is 2.77. The summed E-state index contributed by atoms with van der Waals surface area (Å²) in [5.41, 5.74) is 0.0135. The first-order valence-corrected chi connectivity index (χ1v) is 5.68. The number of hydrogen-bond donors (Lipinski definition) is 3. The molecular formula is C12H11F2N3O4. The van der Waals surface area contributed by atoms with Gasteiger partial charge in [0.2, 0.25) is 0 Å². The van der Waals surface area contributed by atoms with Gasteiger partial charge in [-0.1, -0.05) is 0 Å². The number of benzene rings is 1. The van der Waals surface area contributed by atoms with Crippen LogP contribution in [0, 0.1) is 11.3 Å². The van der Waals surface area contributed by atoms with Gasteiger partial charge in [-0.25, -0.2) is 4.79 Å². The van der Waals surface area contributed by atoms with Crippen LogP contribution in [0.3, 0.4) is 0 Å². The zero-order valence-corrected chi connectivity index (χ0v) is 10.6. The summed E-state index contributed by atoms with van der Waals surface area (Å²) in [6.45, 7) is -3.22. The van der Waals surface area contributed by atoms with Gasteiger partial charge in [-0.15, -0.1) is 0 Å². The Bertz CT molecular complexity index is 572. The first-order valence-electron chi connectivity index (χ1n) is 5.68. The van der Waals surface area contributed by atoms with E-state index >= 15 is 0 Å². The lowest BCUT2D eigenvalue weighted by Gasteiger charge is -2.12. The third-order valence-corrected chi connectivity index (χ3v) is 2.20. The van der Waals surface area contributed by atoms with Gasteiger partial charge in [0.1, 0.15) is 5.75 Å². The Morgan fingerprint density at radius 2 is 2.14 bits per heavy atom. The Labute approximate surface area is 118 Å². The van der Waals surface area contributed by atoms with Gasteiger partial charge in [0.15, 0.2) is 0 Å². The van der Waals surface area contributed by atoms with E-state index in [2.05, 4.69) is 15.4 Å². The Hall–Kier alpha value is -2.89. The van der Waals surface area contributed by atoms with Gasteiger partial charge in [0.05, 0.1) is 23.7 Å². The van der Waals surface area contributed by atoms with Crippen molar-refractivity contribution >= 4 is 17.7 Å². The summed E-state index contributed by atoms with van der Waals surface area (Å²) in [5, 5.41) is 21.6. The molecule has 0 aromatic heterocycles. The molecule has 0 aliphatic rings. The van der Waals surface area contributed by atoms with Gasteiger partial charge < -0.3 is 20.5 Å². The average Bonchev–Trinajstić information content (AvgIpc) is 2.39. The largest absolute Gasteiger partial charge is 0.481 e. The third-order valence-electron chi connectivity index (χ3n) is 2.20. The third kappa shape index (κ3) is 5.73. The molecule has 0 heterocycles. The van der Waals surface area contributed by atoms with E-state index in [0.29, 0.717) is 0 Å². The van der Waals surface area contributed by atoms with Crippen LogP contribution < -0.4 is 15.4 Å². The van der Waals surface area contributed by atoms with E-state index in [0.717, 1.165) is 12.1 Å². The van der Waals surface area contributed by atoms with Crippen molar-refractivity contribution in [3.8, 4) is 11.8 Å². The molecule has 0 fully saturated rings. The monoisotopic (exact) mass is 299 g/mol. The van der Waals surface area contributed by atoms with Crippen molar-refractivity contribution in [2.45, 2.75) is 13.0 Å². The molecule has 0 aliphatic carbocycles. The number of carbonyl (C=O) groups is 2. The number of carboxylic acid groups (broad SMARTS) is 1. The van der Waals surface area contributed by atoms with Crippen LogP contribution in [-0.4, -0.2) is 30.3 Å².